The zero-order chi connectivity index (χ0) is 15.5. The smallest absolute Gasteiger partial charge is 0.231 e. The Labute approximate surface area is 136 Å². The third kappa shape index (κ3) is 3.10. The summed E-state index contributed by atoms with van der Waals surface area (Å²) in [4.78, 5) is 6.96. The summed E-state index contributed by atoms with van der Waals surface area (Å²) in [5.74, 6) is 2.86. The van der Waals surface area contributed by atoms with E-state index in [0.717, 1.165) is 43.5 Å². The van der Waals surface area contributed by atoms with Crippen LogP contribution in [0.4, 0.5) is 5.82 Å². The monoisotopic (exact) mass is 312 g/mol. The Morgan fingerprint density at radius 3 is 2.78 bits per heavy atom. The molecule has 4 rings (SSSR count). The molecule has 2 aliphatic heterocycles. The van der Waals surface area contributed by atoms with Gasteiger partial charge in [-0.1, -0.05) is 6.07 Å². The fourth-order valence-corrected chi connectivity index (χ4v) is 3.22. The minimum Gasteiger partial charge on any atom is -0.454 e. The van der Waals surface area contributed by atoms with Gasteiger partial charge in [-0.2, -0.15) is 0 Å². The van der Waals surface area contributed by atoms with Crippen LogP contribution >= 0.6 is 0 Å². The van der Waals surface area contributed by atoms with E-state index in [0.29, 0.717) is 6.79 Å². The summed E-state index contributed by atoms with van der Waals surface area (Å²) < 4.78 is 11.0. The number of aromatic nitrogens is 1. The number of fused-ring (bicyclic) bond motifs is 1. The van der Waals surface area contributed by atoms with Crippen molar-refractivity contribution >= 4 is 5.82 Å². The van der Waals surface area contributed by atoms with Gasteiger partial charge in [-0.15, -0.1) is 0 Å². The van der Waals surface area contributed by atoms with Gasteiger partial charge in [0.2, 0.25) is 6.79 Å². The highest BCUT2D eigenvalue weighted by atomic mass is 16.7. The number of para-hydroxylation sites is 1. The summed E-state index contributed by atoms with van der Waals surface area (Å²) in [6.45, 7) is 4.39. The van der Waals surface area contributed by atoms with Gasteiger partial charge in [-0.3, -0.25) is 0 Å². The Balaban J connectivity index is 1.34. The van der Waals surface area contributed by atoms with Gasteiger partial charge in [-0.25, -0.2) is 4.98 Å². The number of hydrogen-bond donors (Lipinski definition) is 1. The second-order valence-electron chi connectivity index (χ2n) is 6.07. The van der Waals surface area contributed by atoms with Crippen LogP contribution in [0, 0.1) is 0 Å². The molecule has 0 atom stereocenters. The van der Waals surface area contributed by atoms with Crippen LogP contribution in [0.1, 0.15) is 24.0 Å². The topological polar surface area (TPSA) is 51.2 Å². The van der Waals surface area contributed by atoms with Gasteiger partial charge in [-0.05, 0) is 37.1 Å². The third-order valence-electron chi connectivity index (χ3n) is 4.46. The van der Waals surface area contributed by atoms with E-state index in [4.69, 9.17) is 9.47 Å². The molecule has 23 heavy (non-hydrogen) atoms. The molecule has 1 aromatic heterocycles. The first-order chi connectivity index (χ1) is 11.4. The maximum absolute atomic E-state index is 5.54. The average molecular weight is 312 g/mol. The number of hydrogen-bond acceptors (Lipinski definition) is 4. The van der Waals surface area contributed by atoms with Gasteiger partial charge in [0.15, 0.2) is 11.5 Å². The fourth-order valence-electron chi connectivity index (χ4n) is 3.22. The van der Waals surface area contributed by atoms with Crippen LogP contribution in [0.5, 0.6) is 11.5 Å². The lowest BCUT2D eigenvalue weighted by molar-refractivity contribution is -0.686. The standard InChI is InChI=1S/C18H21N3O2/c1-2-9-21(8-1)17-7-6-14(11-20-17)10-19-12-15-4-3-5-16-18(15)23-13-22-16/h3-7,11,19H,1-2,8-10,12-13H2/p+1. The fraction of sp³-hybridized carbons (Fsp3) is 0.389. The van der Waals surface area contributed by atoms with Crippen LogP contribution in [0.3, 0.4) is 0 Å². The largest absolute Gasteiger partial charge is 0.454 e. The summed E-state index contributed by atoms with van der Waals surface area (Å²) >= 11 is 0. The number of anilines is 1. The van der Waals surface area contributed by atoms with E-state index in [9.17, 15) is 0 Å². The molecule has 5 nitrogen and oxygen atoms in total. The Morgan fingerprint density at radius 2 is 1.96 bits per heavy atom. The number of pyridine rings is 1. The highest BCUT2D eigenvalue weighted by Crippen LogP contribution is 2.34. The molecule has 3 heterocycles. The molecule has 2 N–H and O–H groups in total. The van der Waals surface area contributed by atoms with E-state index in [-0.39, 0.29) is 0 Å². The Bertz CT molecular complexity index is 666. The number of nitrogens with two attached hydrogens (primary N) is 1. The Morgan fingerprint density at radius 1 is 1.04 bits per heavy atom. The van der Waals surface area contributed by atoms with Crippen molar-refractivity contribution in [3.8, 4) is 11.5 Å². The van der Waals surface area contributed by atoms with E-state index in [2.05, 4.69) is 33.4 Å². The second kappa shape index (κ2) is 6.46. The van der Waals surface area contributed by atoms with Crippen LogP contribution in [0.25, 0.3) is 0 Å². The molecule has 1 saturated heterocycles. The molecule has 0 saturated carbocycles. The zero-order valence-electron chi connectivity index (χ0n) is 13.2. The first-order valence-electron chi connectivity index (χ1n) is 8.29. The lowest BCUT2D eigenvalue weighted by atomic mass is 10.2. The molecular weight excluding hydrogens is 290 g/mol. The molecule has 2 aromatic rings. The molecule has 5 heteroatoms. The predicted octanol–water partition coefficient (Wildman–Crippen LogP) is 1.67. The second-order valence-corrected chi connectivity index (χ2v) is 6.07. The molecule has 0 unspecified atom stereocenters. The van der Waals surface area contributed by atoms with Gasteiger partial charge in [0.05, 0.1) is 5.56 Å². The first-order valence-corrected chi connectivity index (χ1v) is 8.29. The number of benzene rings is 1. The number of rotatable bonds is 5. The molecule has 1 fully saturated rings. The molecule has 120 valence electrons. The van der Waals surface area contributed by atoms with E-state index in [1.165, 1.54) is 24.0 Å². The van der Waals surface area contributed by atoms with Crippen molar-refractivity contribution in [2.45, 2.75) is 25.9 Å². The Kier molecular flexibility index (Phi) is 4.03. The quantitative estimate of drug-likeness (QED) is 0.912. The number of quaternary nitrogens is 1. The molecule has 0 amide bonds. The van der Waals surface area contributed by atoms with Crippen LogP contribution in [-0.4, -0.2) is 24.9 Å². The molecular formula is C18H22N3O2+. The highest BCUT2D eigenvalue weighted by Gasteiger charge is 2.18. The van der Waals surface area contributed by atoms with E-state index < -0.39 is 0 Å². The van der Waals surface area contributed by atoms with Crippen LogP contribution in [0.15, 0.2) is 36.5 Å². The van der Waals surface area contributed by atoms with Crippen molar-refractivity contribution in [2.24, 2.45) is 0 Å². The lowest BCUT2D eigenvalue weighted by Gasteiger charge is -2.16. The first kappa shape index (κ1) is 14.3. The maximum atomic E-state index is 5.54. The molecule has 0 spiro atoms. The van der Waals surface area contributed by atoms with Gasteiger partial charge in [0.1, 0.15) is 18.9 Å². The zero-order valence-corrected chi connectivity index (χ0v) is 13.2. The van der Waals surface area contributed by atoms with Crippen molar-refractivity contribution < 1.29 is 14.8 Å². The highest BCUT2D eigenvalue weighted by molar-refractivity contribution is 5.47. The van der Waals surface area contributed by atoms with Crippen molar-refractivity contribution in [3.63, 3.8) is 0 Å². The summed E-state index contributed by atoms with van der Waals surface area (Å²) in [5, 5.41) is 2.27. The van der Waals surface area contributed by atoms with Crippen molar-refractivity contribution in [3.05, 3.63) is 47.7 Å². The van der Waals surface area contributed by atoms with E-state index >= 15 is 0 Å². The van der Waals surface area contributed by atoms with Gasteiger partial charge in [0.25, 0.3) is 0 Å². The molecule has 0 aliphatic carbocycles. The number of nitrogens with zero attached hydrogens (tertiary/aromatic N) is 2. The van der Waals surface area contributed by atoms with E-state index in [1.807, 2.05) is 18.3 Å². The normalized spacial score (nSPS) is 16.1. The van der Waals surface area contributed by atoms with Crippen molar-refractivity contribution in [2.75, 3.05) is 24.8 Å². The molecule has 0 radical (unpaired) electrons. The summed E-state index contributed by atoms with van der Waals surface area (Å²) in [7, 11) is 0. The summed E-state index contributed by atoms with van der Waals surface area (Å²) in [6, 6.07) is 10.4. The van der Waals surface area contributed by atoms with Gasteiger partial charge in [0, 0.05) is 24.8 Å². The SMILES string of the molecule is c1cc(C[NH2+]Cc2ccc(N3CCCC3)nc2)c2c(c1)OCO2. The van der Waals surface area contributed by atoms with Crippen molar-refractivity contribution in [1.82, 2.24) is 4.98 Å². The van der Waals surface area contributed by atoms with Crippen LogP contribution < -0.4 is 19.7 Å². The maximum Gasteiger partial charge on any atom is 0.231 e. The summed E-state index contributed by atoms with van der Waals surface area (Å²) in [6.07, 6.45) is 4.56. The number of ether oxygens (including phenoxy) is 2. The predicted molar refractivity (Wildman–Crippen MR) is 87.6 cm³/mol. The molecule has 2 aliphatic rings. The van der Waals surface area contributed by atoms with Gasteiger partial charge >= 0.3 is 0 Å². The minimum atomic E-state index is 0.328. The summed E-state index contributed by atoms with van der Waals surface area (Å²) in [5.41, 5.74) is 2.43. The van der Waals surface area contributed by atoms with Crippen LogP contribution in [0.2, 0.25) is 0 Å². The van der Waals surface area contributed by atoms with Crippen LogP contribution in [-0.2, 0) is 13.1 Å². The minimum absolute atomic E-state index is 0.328. The van der Waals surface area contributed by atoms with E-state index in [1.54, 1.807) is 0 Å². The average Bonchev–Trinajstić information content (AvgIpc) is 3.27. The molecule has 0 bridgehead atoms. The third-order valence-corrected chi connectivity index (χ3v) is 4.46. The Hall–Kier alpha value is -2.27. The lowest BCUT2D eigenvalue weighted by Crippen LogP contribution is -2.80. The van der Waals surface area contributed by atoms with Crippen molar-refractivity contribution in [1.29, 1.82) is 0 Å². The van der Waals surface area contributed by atoms with Gasteiger partial charge < -0.3 is 19.7 Å². The molecule has 1 aromatic carbocycles.